The maximum Gasteiger partial charge on any atom is 0.223 e. The molecule has 114 valence electrons. The fraction of sp³-hybridized carbons (Fsp3) is 0.611. The summed E-state index contributed by atoms with van der Waals surface area (Å²) in [7, 11) is 0. The summed E-state index contributed by atoms with van der Waals surface area (Å²) in [6, 6.07) is 11.1. The Balaban J connectivity index is 1.43. The van der Waals surface area contributed by atoms with E-state index in [-0.39, 0.29) is 5.92 Å². The topological polar surface area (TPSA) is 33.5 Å². The number of nitrogens with one attached hydrogen (secondary N) is 2. The number of piperidine rings is 1. The molecule has 0 atom stereocenters. The molecule has 2 aliphatic rings. The maximum absolute atomic E-state index is 12.3. The summed E-state index contributed by atoms with van der Waals surface area (Å²) in [4.78, 5) is 13.9. The molecule has 1 aromatic rings. The van der Waals surface area contributed by atoms with Crippen molar-refractivity contribution in [2.45, 2.75) is 51.1 Å². The Labute approximate surface area is 127 Å². The molecule has 1 amide bonds. The molecule has 1 aromatic carbocycles. The van der Waals surface area contributed by atoms with Crippen molar-refractivity contribution in [2.75, 3.05) is 13.1 Å². The quantitative estimate of drug-likeness (QED) is 0.865. The van der Waals surface area contributed by atoms with Gasteiger partial charge < -0.3 is 10.2 Å². The molecule has 0 unspecified atom stereocenters. The molecule has 1 saturated carbocycles. The predicted octanol–water partition coefficient (Wildman–Crippen LogP) is 1.54. The molecule has 3 nitrogen and oxygen atoms in total. The Morgan fingerprint density at radius 3 is 2.38 bits per heavy atom. The molecule has 0 bridgehead atoms. The normalized spacial score (nSPS) is 26.7. The molecule has 2 fully saturated rings. The lowest BCUT2D eigenvalue weighted by molar-refractivity contribution is -0.919. The lowest BCUT2D eigenvalue weighted by Crippen LogP contribution is -3.11. The average molecular weight is 287 g/mol. The number of carbonyl (C=O) groups excluding carboxylic acids is 1. The van der Waals surface area contributed by atoms with Crippen LogP contribution in [-0.2, 0) is 11.3 Å². The Morgan fingerprint density at radius 1 is 1.05 bits per heavy atom. The van der Waals surface area contributed by atoms with Crippen LogP contribution in [-0.4, -0.2) is 25.0 Å². The Hall–Kier alpha value is -1.35. The molecule has 1 aliphatic heterocycles. The molecule has 1 aliphatic carbocycles. The van der Waals surface area contributed by atoms with Crippen LogP contribution in [0.5, 0.6) is 0 Å². The van der Waals surface area contributed by atoms with E-state index in [1.165, 1.54) is 31.2 Å². The van der Waals surface area contributed by atoms with E-state index < -0.39 is 0 Å². The molecule has 3 heteroatoms. The third-order valence-corrected chi connectivity index (χ3v) is 5.06. The van der Waals surface area contributed by atoms with Gasteiger partial charge in [0.05, 0.1) is 13.1 Å². The zero-order chi connectivity index (χ0) is 14.5. The summed E-state index contributed by atoms with van der Waals surface area (Å²) in [6.07, 6.45) is 7.02. The fourth-order valence-corrected chi connectivity index (χ4v) is 3.74. The number of rotatable bonds is 4. The van der Waals surface area contributed by atoms with Gasteiger partial charge in [0.15, 0.2) is 0 Å². The van der Waals surface area contributed by atoms with Gasteiger partial charge in [-0.1, -0.05) is 43.2 Å². The second-order valence-electron chi connectivity index (χ2n) is 6.68. The highest BCUT2D eigenvalue weighted by atomic mass is 16.1. The molecule has 0 spiro atoms. The number of amides is 1. The van der Waals surface area contributed by atoms with Crippen LogP contribution < -0.4 is 10.2 Å². The number of benzene rings is 1. The van der Waals surface area contributed by atoms with E-state index in [0.717, 1.165) is 32.5 Å². The standard InChI is InChI=1S/C18H26N2O/c21-18(19-17-8-4-5-9-17)16-10-12-20(13-11-16)14-15-6-2-1-3-7-15/h1-3,6-7,16-17H,4-5,8-14H2,(H,19,21)/p+1. The van der Waals surface area contributed by atoms with Gasteiger partial charge in [0.25, 0.3) is 0 Å². The maximum atomic E-state index is 12.3. The van der Waals surface area contributed by atoms with Gasteiger partial charge in [0.1, 0.15) is 6.54 Å². The monoisotopic (exact) mass is 287 g/mol. The summed E-state index contributed by atoms with van der Waals surface area (Å²) >= 11 is 0. The number of hydrogen-bond acceptors (Lipinski definition) is 1. The minimum Gasteiger partial charge on any atom is -0.353 e. The average Bonchev–Trinajstić information content (AvgIpc) is 3.02. The third kappa shape index (κ3) is 4.07. The first-order chi connectivity index (χ1) is 10.3. The Morgan fingerprint density at radius 2 is 1.71 bits per heavy atom. The van der Waals surface area contributed by atoms with Crippen LogP contribution in [0.4, 0.5) is 0 Å². The van der Waals surface area contributed by atoms with Crippen molar-refractivity contribution in [1.82, 2.24) is 5.32 Å². The third-order valence-electron chi connectivity index (χ3n) is 5.06. The lowest BCUT2D eigenvalue weighted by Gasteiger charge is -2.29. The van der Waals surface area contributed by atoms with E-state index in [0.29, 0.717) is 11.9 Å². The Kier molecular flexibility index (Phi) is 4.91. The van der Waals surface area contributed by atoms with Crippen LogP contribution in [0, 0.1) is 5.92 Å². The van der Waals surface area contributed by atoms with Crippen molar-refractivity contribution >= 4 is 5.91 Å². The number of hydrogen-bond donors (Lipinski definition) is 2. The molecule has 3 rings (SSSR count). The van der Waals surface area contributed by atoms with Gasteiger partial charge in [0.2, 0.25) is 5.91 Å². The van der Waals surface area contributed by atoms with Gasteiger partial charge in [-0.15, -0.1) is 0 Å². The SMILES string of the molecule is O=C(NC1CCCC1)C1CC[NH+](Cc2ccccc2)CC1. The number of quaternary nitrogens is 1. The first-order valence-corrected chi connectivity index (χ1v) is 8.49. The van der Waals surface area contributed by atoms with Crippen LogP contribution in [0.1, 0.15) is 44.1 Å². The van der Waals surface area contributed by atoms with E-state index in [9.17, 15) is 4.79 Å². The minimum absolute atomic E-state index is 0.255. The van der Waals surface area contributed by atoms with Crippen LogP contribution in [0.2, 0.25) is 0 Å². The molecule has 2 N–H and O–H groups in total. The highest BCUT2D eigenvalue weighted by Gasteiger charge is 2.29. The van der Waals surface area contributed by atoms with Gasteiger partial charge in [-0.05, 0) is 12.8 Å². The summed E-state index contributed by atoms with van der Waals surface area (Å²) in [6.45, 7) is 3.34. The zero-order valence-electron chi connectivity index (χ0n) is 12.8. The van der Waals surface area contributed by atoms with Gasteiger partial charge in [-0.25, -0.2) is 0 Å². The first kappa shape index (κ1) is 14.6. The van der Waals surface area contributed by atoms with Crippen molar-refractivity contribution in [2.24, 2.45) is 5.92 Å². The second-order valence-corrected chi connectivity index (χ2v) is 6.68. The molecular formula is C18H27N2O+. The largest absolute Gasteiger partial charge is 0.353 e. The van der Waals surface area contributed by atoms with Crippen molar-refractivity contribution in [1.29, 1.82) is 0 Å². The van der Waals surface area contributed by atoms with Crippen LogP contribution in [0.15, 0.2) is 30.3 Å². The summed E-state index contributed by atoms with van der Waals surface area (Å²) in [5, 5.41) is 3.26. The molecule has 21 heavy (non-hydrogen) atoms. The van der Waals surface area contributed by atoms with Gasteiger partial charge in [0, 0.05) is 30.4 Å². The van der Waals surface area contributed by atoms with Crippen molar-refractivity contribution in [3.05, 3.63) is 35.9 Å². The summed E-state index contributed by atoms with van der Waals surface area (Å²) < 4.78 is 0. The van der Waals surface area contributed by atoms with Crippen LogP contribution in [0.3, 0.4) is 0 Å². The van der Waals surface area contributed by atoms with Crippen LogP contribution >= 0.6 is 0 Å². The zero-order valence-corrected chi connectivity index (χ0v) is 12.8. The van der Waals surface area contributed by atoms with E-state index in [4.69, 9.17) is 0 Å². The van der Waals surface area contributed by atoms with Crippen molar-refractivity contribution in [3.8, 4) is 0 Å². The molecule has 0 aromatic heterocycles. The highest BCUT2D eigenvalue weighted by Crippen LogP contribution is 2.19. The molecule has 1 saturated heterocycles. The van der Waals surface area contributed by atoms with Crippen LogP contribution in [0.25, 0.3) is 0 Å². The van der Waals surface area contributed by atoms with Crippen molar-refractivity contribution in [3.63, 3.8) is 0 Å². The predicted molar refractivity (Wildman–Crippen MR) is 84.0 cm³/mol. The summed E-state index contributed by atoms with van der Waals surface area (Å²) in [5.41, 5.74) is 1.40. The van der Waals surface area contributed by atoms with Gasteiger partial charge in [-0.2, -0.15) is 0 Å². The van der Waals surface area contributed by atoms with Crippen molar-refractivity contribution < 1.29 is 9.69 Å². The highest BCUT2D eigenvalue weighted by molar-refractivity contribution is 5.79. The van der Waals surface area contributed by atoms with Gasteiger partial charge in [-0.3, -0.25) is 4.79 Å². The molecule has 0 radical (unpaired) electrons. The van der Waals surface area contributed by atoms with E-state index >= 15 is 0 Å². The van der Waals surface area contributed by atoms with E-state index in [1.54, 1.807) is 4.90 Å². The van der Waals surface area contributed by atoms with E-state index in [2.05, 4.69) is 35.6 Å². The fourth-order valence-electron chi connectivity index (χ4n) is 3.74. The minimum atomic E-state index is 0.255. The molecule has 1 heterocycles. The second kappa shape index (κ2) is 7.08. The Bertz CT molecular complexity index is 446. The lowest BCUT2D eigenvalue weighted by atomic mass is 9.95. The smallest absolute Gasteiger partial charge is 0.223 e. The van der Waals surface area contributed by atoms with E-state index in [1.807, 2.05) is 0 Å². The molecular weight excluding hydrogens is 260 g/mol. The number of likely N-dealkylation sites (tertiary alicyclic amines) is 1. The first-order valence-electron chi connectivity index (χ1n) is 8.49. The summed E-state index contributed by atoms with van der Waals surface area (Å²) in [5.74, 6) is 0.575. The number of carbonyl (C=O) groups is 1. The van der Waals surface area contributed by atoms with Gasteiger partial charge >= 0.3 is 0 Å².